The van der Waals surface area contributed by atoms with Crippen molar-refractivity contribution in [3.8, 4) is 6.07 Å². The largest absolute Gasteiger partial charge is 0.382 e. The van der Waals surface area contributed by atoms with Crippen LogP contribution in [0.15, 0.2) is 24.3 Å². The number of benzene rings is 1. The number of nitriles is 1. The second-order valence-electron chi connectivity index (χ2n) is 4.96. The molecule has 0 heterocycles. The fourth-order valence-corrected chi connectivity index (χ4v) is 2.63. The lowest BCUT2D eigenvalue weighted by molar-refractivity contribution is 0.330. The van der Waals surface area contributed by atoms with Crippen molar-refractivity contribution in [1.82, 2.24) is 0 Å². The summed E-state index contributed by atoms with van der Waals surface area (Å²) in [5.41, 5.74) is 1.82. The highest BCUT2D eigenvalue weighted by Gasteiger charge is 2.19. The van der Waals surface area contributed by atoms with E-state index < -0.39 is 0 Å². The zero-order valence-corrected chi connectivity index (χ0v) is 10.4. The van der Waals surface area contributed by atoms with Gasteiger partial charge in [-0.15, -0.1) is 0 Å². The van der Waals surface area contributed by atoms with E-state index in [9.17, 15) is 0 Å². The van der Waals surface area contributed by atoms with Crippen molar-refractivity contribution in [2.24, 2.45) is 5.92 Å². The number of rotatable bonds is 3. The molecule has 1 aliphatic carbocycles. The van der Waals surface area contributed by atoms with Gasteiger partial charge >= 0.3 is 0 Å². The maximum atomic E-state index is 8.86. The molecule has 1 aliphatic rings. The lowest BCUT2D eigenvalue weighted by Crippen LogP contribution is -2.25. The van der Waals surface area contributed by atoms with Gasteiger partial charge in [0, 0.05) is 11.7 Å². The molecule has 1 N–H and O–H groups in total. The minimum atomic E-state index is 0.590. The van der Waals surface area contributed by atoms with E-state index in [2.05, 4.69) is 18.3 Å². The Morgan fingerprint density at radius 2 is 2.06 bits per heavy atom. The summed E-state index contributed by atoms with van der Waals surface area (Å²) >= 11 is 0. The Hall–Kier alpha value is -1.49. The SMILES string of the molecule is CCC1CCC(Nc2cccc(C#N)c2)CC1. The smallest absolute Gasteiger partial charge is 0.0992 e. The van der Waals surface area contributed by atoms with Gasteiger partial charge in [-0.05, 0) is 49.8 Å². The summed E-state index contributed by atoms with van der Waals surface area (Å²) in [6.45, 7) is 2.29. The molecule has 0 unspecified atom stereocenters. The molecule has 1 fully saturated rings. The van der Waals surface area contributed by atoms with Gasteiger partial charge in [-0.3, -0.25) is 0 Å². The predicted molar refractivity (Wildman–Crippen MR) is 70.8 cm³/mol. The molecular weight excluding hydrogens is 208 g/mol. The molecule has 0 amide bonds. The first-order valence-electron chi connectivity index (χ1n) is 6.58. The fourth-order valence-electron chi connectivity index (χ4n) is 2.63. The maximum absolute atomic E-state index is 8.86. The van der Waals surface area contributed by atoms with Crippen LogP contribution in [0.1, 0.15) is 44.6 Å². The summed E-state index contributed by atoms with van der Waals surface area (Å²) < 4.78 is 0. The van der Waals surface area contributed by atoms with E-state index in [1.807, 2.05) is 24.3 Å². The summed E-state index contributed by atoms with van der Waals surface area (Å²) in [6, 6.07) is 10.5. The molecule has 0 radical (unpaired) electrons. The topological polar surface area (TPSA) is 35.8 Å². The average molecular weight is 228 g/mol. The van der Waals surface area contributed by atoms with Gasteiger partial charge in [0.1, 0.15) is 0 Å². The molecule has 0 atom stereocenters. The van der Waals surface area contributed by atoms with Crippen molar-refractivity contribution in [2.45, 2.75) is 45.1 Å². The van der Waals surface area contributed by atoms with Crippen LogP contribution in [0, 0.1) is 17.2 Å². The number of hydrogen-bond acceptors (Lipinski definition) is 2. The van der Waals surface area contributed by atoms with Crippen molar-refractivity contribution < 1.29 is 0 Å². The molecule has 1 aromatic carbocycles. The molecule has 17 heavy (non-hydrogen) atoms. The van der Waals surface area contributed by atoms with Gasteiger partial charge in [-0.2, -0.15) is 5.26 Å². The van der Waals surface area contributed by atoms with Crippen molar-refractivity contribution in [3.63, 3.8) is 0 Å². The van der Waals surface area contributed by atoms with E-state index in [0.29, 0.717) is 6.04 Å². The normalized spacial score (nSPS) is 24.0. The molecule has 0 saturated heterocycles. The van der Waals surface area contributed by atoms with E-state index in [-0.39, 0.29) is 0 Å². The Morgan fingerprint density at radius 3 is 2.71 bits per heavy atom. The van der Waals surface area contributed by atoms with Gasteiger partial charge in [-0.25, -0.2) is 0 Å². The molecule has 1 saturated carbocycles. The van der Waals surface area contributed by atoms with Crippen LogP contribution in [-0.2, 0) is 0 Å². The quantitative estimate of drug-likeness (QED) is 0.850. The first kappa shape index (κ1) is 12.0. The number of nitrogens with one attached hydrogen (secondary N) is 1. The highest BCUT2D eigenvalue weighted by molar-refractivity contribution is 5.49. The van der Waals surface area contributed by atoms with Gasteiger partial charge in [0.15, 0.2) is 0 Å². The second kappa shape index (κ2) is 5.72. The van der Waals surface area contributed by atoms with Crippen molar-refractivity contribution in [1.29, 1.82) is 5.26 Å². The molecule has 0 aliphatic heterocycles. The van der Waals surface area contributed by atoms with Crippen LogP contribution >= 0.6 is 0 Å². The van der Waals surface area contributed by atoms with Crippen LogP contribution in [-0.4, -0.2) is 6.04 Å². The van der Waals surface area contributed by atoms with Crippen LogP contribution in [0.3, 0.4) is 0 Å². The molecule has 0 bridgehead atoms. The van der Waals surface area contributed by atoms with Crippen LogP contribution in [0.5, 0.6) is 0 Å². The number of anilines is 1. The summed E-state index contributed by atoms with van der Waals surface area (Å²) in [7, 11) is 0. The fraction of sp³-hybridized carbons (Fsp3) is 0.533. The Morgan fingerprint density at radius 1 is 1.29 bits per heavy atom. The van der Waals surface area contributed by atoms with Crippen LogP contribution < -0.4 is 5.32 Å². The standard InChI is InChI=1S/C15H20N2/c1-2-12-6-8-14(9-7-12)17-15-5-3-4-13(10-15)11-16/h3-5,10,12,14,17H,2,6-9H2,1H3. The third kappa shape index (κ3) is 3.23. The van der Waals surface area contributed by atoms with E-state index in [1.54, 1.807) is 0 Å². The zero-order valence-electron chi connectivity index (χ0n) is 10.4. The molecule has 2 rings (SSSR count). The molecule has 90 valence electrons. The maximum Gasteiger partial charge on any atom is 0.0992 e. The second-order valence-corrected chi connectivity index (χ2v) is 4.96. The van der Waals surface area contributed by atoms with Crippen molar-refractivity contribution >= 4 is 5.69 Å². The van der Waals surface area contributed by atoms with Crippen molar-refractivity contribution in [2.75, 3.05) is 5.32 Å². The van der Waals surface area contributed by atoms with Gasteiger partial charge < -0.3 is 5.32 Å². The minimum Gasteiger partial charge on any atom is -0.382 e. The summed E-state index contributed by atoms with van der Waals surface area (Å²) in [4.78, 5) is 0. The highest BCUT2D eigenvalue weighted by atomic mass is 14.9. The van der Waals surface area contributed by atoms with E-state index in [1.165, 1.54) is 32.1 Å². The van der Waals surface area contributed by atoms with Gasteiger partial charge in [0.05, 0.1) is 11.6 Å². The van der Waals surface area contributed by atoms with E-state index in [4.69, 9.17) is 5.26 Å². The lowest BCUT2D eigenvalue weighted by atomic mass is 9.84. The molecule has 1 aromatic rings. The summed E-state index contributed by atoms with van der Waals surface area (Å²) in [5.74, 6) is 0.929. The third-order valence-corrected chi connectivity index (χ3v) is 3.79. The first-order chi connectivity index (χ1) is 8.31. The molecule has 0 aromatic heterocycles. The van der Waals surface area contributed by atoms with Crippen molar-refractivity contribution in [3.05, 3.63) is 29.8 Å². The number of nitrogens with zero attached hydrogens (tertiary/aromatic N) is 1. The third-order valence-electron chi connectivity index (χ3n) is 3.79. The summed E-state index contributed by atoms with van der Waals surface area (Å²) in [6.07, 6.45) is 6.51. The Kier molecular flexibility index (Phi) is 4.03. The predicted octanol–water partition coefficient (Wildman–Crippen LogP) is 3.94. The van der Waals surface area contributed by atoms with Gasteiger partial charge in [-0.1, -0.05) is 19.4 Å². The highest BCUT2D eigenvalue weighted by Crippen LogP contribution is 2.28. The van der Waals surface area contributed by atoms with Gasteiger partial charge in [0.25, 0.3) is 0 Å². The van der Waals surface area contributed by atoms with Crippen LogP contribution in [0.2, 0.25) is 0 Å². The van der Waals surface area contributed by atoms with Crippen LogP contribution in [0.4, 0.5) is 5.69 Å². The average Bonchev–Trinajstić information content (AvgIpc) is 2.40. The molecular formula is C15H20N2. The summed E-state index contributed by atoms with van der Waals surface area (Å²) in [5, 5.41) is 12.4. The minimum absolute atomic E-state index is 0.590. The molecule has 2 heteroatoms. The Balaban J connectivity index is 1.91. The number of hydrogen-bond donors (Lipinski definition) is 1. The van der Waals surface area contributed by atoms with E-state index >= 15 is 0 Å². The zero-order chi connectivity index (χ0) is 12.1. The molecule has 0 spiro atoms. The first-order valence-corrected chi connectivity index (χ1v) is 6.58. The van der Waals surface area contributed by atoms with Gasteiger partial charge in [0.2, 0.25) is 0 Å². The molecule has 2 nitrogen and oxygen atoms in total. The Bertz CT molecular complexity index is 398. The van der Waals surface area contributed by atoms with Crippen LogP contribution in [0.25, 0.3) is 0 Å². The monoisotopic (exact) mass is 228 g/mol. The lowest BCUT2D eigenvalue weighted by Gasteiger charge is -2.29. The van der Waals surface area contributed by atoms with E-state index in [0.717, 1.165) is 17.2 Å². The Labute approximate surface area is 104 Å².